The van der Waals surface area contributed by atoms with E-state index in [-0.39, 0.29) is 73.8 Å². The number of ether oxygens (including phenoxy) is 6. The number of Topliss-reactive ketones (excluding diaryl/α,β-unsaturated/α-hetero) is 1. The van der Waals surface area contributed by atoms with Gasteiger partial charge in [-0.3, -0.25) is 39.5 Å². The maximum absolute atomic E-state index is 13.3. The predicted molar refractivity (Wildman–Crippen MR) is 374 cm³/mol. The third kappa shape index (κ3) is 31.7. The van der Waals surface area contributed by atoms with Gasteiger partial charge in [0.15, 0.2) is 5.78 Å². The first-order valence-electron chi connectivity index (χ1n) is 31.7. The molecule has 0 aromatic heterocycles. The molecule has 2 fully saturated rings. The summed E-state index contributed by atoms with van der Waals surface area (Å²) in [6.07, 6.45) is 0.810. The molecule has 2 saturated heterocycles. The van der Waals surface area contributed by atoms with Crippen LogP contribution in [0.25, 0.3) is 0 Å². The van der Waals surface area contributed by atoms with E-state index >= 15 is 0 Å². The van der Waals surface area contributed by atoms with Crippen LogP contribution in [0.4, 0.5) is 30.6 Å². The molecule has 24 heteroatoms. The van der Waals surface area contributed by atoms with Crippen LogP contribution < -0.4 is 46.5 Å². The Kier molecular flexibility index (Phi) is 37.0. The summed E-state index contributed by atoms with van der Waals surface area (Å²) in [5.74, 6) is -0.390. The van der Waals surface area contributed by atoms with Crippen LogP contribution in [0.2, 0.25) is 0 Å². The van der Waals surface area contributed by atoms with Crippen molar-refractivity contribution in [3.63, 3.8) is 0 Å². The van der Waals surface area contributed by atoms with Gasteiger partial charge in [0, 0.05) is 50.5 Å². The van der Waals surface area contributed by atoms with Crippen LogP contribution in [0.3, 0.4) is 0 Å². The minimum atomic E-state index is -3.35. The van der Waals surface area contributed by atoms with Gasteiger partial charge in [0.05, 0.1) is 6.04 Å². The van der Waals surface area contributed by atoms with Gasteiger partial charge in [-0.1, -0.05) is 105 Å². The molecule has 4 amide bonds. The van der Waals surface area contributed by atoms with Crippen LogP contribution in [0.5, 0.6) is 0 Å². The number of rotatable bonds is 18. The summed E-state index contributed by atoms with van der Waals surface area (Å²) >= 11 is 0. The van der Waals surface area contributed by atoms with Gasteiger partial charge < -0.3 is 59.2 Å². The van der Waals surface area contributed by atoms with Crippen LogP contribution in [0.15, 0.2) is 121 Å². The molecule has 536 valence electrons. The fourth-order valence-electron chi connectivity index (χ4n) is 10.1. The van der Waals surface area contributed by atoms with Crippen molar-refractivity contribution >= 4 is 61.2 Å². The normalized spacial score (nSPS) is 17.2. The monoisotopic (exact) mass is 1430 g/mol. The average Bonchev–Trinajstić information content (AvgIpc) is 1.62. The number of allylic oxidation sites excluding steroid dienone is 1. The molecular formula is C73H110BrLiN5O16P. The van der Waals surface area contributed by atoms with Crippen LogP contribution in [0, 0.1) is 0 Å². The van der Waals surface area contributed by atoms with E-state index in [1.54, 1.807) is 136 Å². The molecule has 0 saturated carbocycles. The third-order valence-electron chi connectivity index (χ3n) is 13.9. The fourth-order valence-corrected chi connectivity index (χ4v) is 11.0. The van der Waals surface area contributed by atoms with Crippen molar-refractivity contribution in [3.05, 3.63) is 144 Å². The quantitative estimate of drug-likeness (QED) is 0.0309. The number of benzene rings is 4. The van der Waals surface area contributed by atoms with Crippen LogP contribution in [0.1, 0.15) is 187 Å². The molecule has 4 atom stereocenters. The summed E-state index contributed by atoms with van der Waals surface area (Å²) in [5, 5.41) is 5.28. The zero-order valence-corrected chi connectivity index (χ0v) is 63.6. The van der Waals surface area contributed by atoms with Crippen molar-refractivity contribution in [1.29, 1.82) is 0 Å². The average molecular weight is 1430 g/mol. The Morgan fingerprint density at radius 2 is 0.907 bits per heavy atom. The molecule has 97 heavy (non-hydrogen) atoms. The number of hydrogen-bond donors (Lipinski definition) is 2. The van der Waals surface area contributed by atoms with Gasteiger partial charge in [-0.05, 0) is 198 Å². The smallest absolute Gasteiger partial charge is 1.00 e. The van der Waals surface area contributed by atoms with E-state index in [4.69, 9.17) is 37.5 Å². The van der Waals surface area contributed by atoms with Gasteiger partial charge in [0.2, 0.25) is 0 Å². The van der Waals surface area contributed by atoms with Crippen molar-refractivity contribution in [2.24, 2.45) is 0 Å². The second-order valence-corrected chi connectivity index (χ2v) is 30.4. The summed E-state index contributed by atoms with van der Waals surface area (Å²) < 4.78 is 55.3. The Bertz CT molecular complexity index is 3160. The van der Waals surface area contributed by atoms with E-state index in [2.05, 4.69) is 50.2 Å². The molecular weight excluding hydrogens is 1320 g/mol. The van der Waals surface area contributed by atoms with Crippen molar-refractivity contribution in [2.75, 3.05) is 37.6 Å². The maximum atomic E-state index is 13.3. The zero-order valence-electron chi connectivity index (χ0n) is 61.1. The van der Waals surface area contributed by atoms with Crippen molar-refractivity contribution < 1.29 is 111 Å². The molecule has 6 rings (SSSR count). The molecule has 21 nitrogen and oxygen atoms in total. The molecule has 2 N–H and O–H groups in total. The summed E-state index contributed by atoms with van der Waals surface area (Å²) in [4.78, 5) is 91.3. The maximum Gasteiger partial charge on any atom is 1.00 e. The molecule has 0 bridgehead atoms. The third-order valence-corrected chi connectivity index (χ3v) is 15.7. The standard InChI is InChI=1S/C31H40N2O6.C17H23NO4.C16H24NO6P.C8H19N.CH4.BrH.Li/c1-29(2,3)38-27(35)32-23-16-14-21(15-17-23)20-24(34)18-19-25-26(22-12-10-9-11-13-22)37-31(7,8)33(25)28(36)39-30(4,5)6;1-16(2,3)22-15(20)18-13(11-19)14(21-17(18,4)5)12-9-7-6-8-10-12;1-16(2,3)23-15(19)17-13-8-6-12(7-9-13)10-14(18)11-24(20,21-4)22-5;1-6-9(7(2)3)8(4)5;;;/h9-19,25-26H,20H2,1-8H3,(H,32,35);6-11,13-14H,1-5H3;6-9H,10-11H2,1-5H3,(H,17,19);7-8H,6H2,1-5H3;1H4;1H;/q;;;;;;+1/p-1/b19-18+;;;;;;/t25-,26-;13-,14-;;;;;/m11...../s1. The molecule has 2 aliphatic rings. The number of carbonyl (C=O) groups excluding carboxylic acids is 7. The van der Waals surface area contributed by atoms with E-state index in [0.29, 0.717) is 23.5 Å². The number of amides is 4. The van der Waals surface area contributed by atoms with E-state index in [1.807, 2.05) is 95.3 Å². The minimum Gasteiger partial charge on any atom is -1.00 e. The van der Waals surface area contributed by atoms with E-state index < -0.39 is 90.1 Å². The molecule has 0 spiro atoms. The summed E-state index contributed by atoms with van der Waals surface area (Å²) in [6, 6.07) is 32.9. The number of anilines is 2. The van der Waals surface area contributed by atoms with E-state index in [9.17, 15) is 38.1 Å². The van der Waals surface area contributed by atoms with Crippen LogP contribution in [-0.4, -0.2) is 142 Å². The first-order chi connectivity index (χ1) is 43.4. The Labute approximate surface area is 600 Å². The number of ketones is 2. The Morgan fingerprint density at radius 3 is 1.22 bits per heavy atom. The Morgan fingerprint density at radius 1 is 0.567 bits per heavy atom. The number of nitrogens with zero attached hydrogens (tertiary/aromatic N) is 3. The van der Waals surface area contributed by atoms with Gasteiger partial charge in [0.1, 0.15) is 70.3 Å². The molecule has 0 radical (unpaired) electrons. The van der Waals surface area contributed by atoms with Gasteiger partial charge in [0.25, 0.3) is 0 Å². The number of carbonyl (C=O) groups is 7. The number of aldehydes is 1. The zero-order chi connectivity index (χ0) is 71.4. The fraction of sp³-hybridized carbons (Fsp3) is 0.548. The Balaban J connectivity index is 0.00000138. The van der Waals surface area contributed by atoms with Crippen molar-refractivity contribution in [1.82, 2.24) is 14.7 Å². The Hall–Kier alpha value is -6.18. The van der Waals surface area contributed by atoms with Crippen LogP contribution in [-0.2, 0) is 69.3 Å². The SMILES string of the molecule is C.CC(C)(C)OC(=O)N1[C@H](C=O)[C@@H](c2ccccc2)OC1(C)C.CC(C)(C)OC(=O)Nc1ccc(CC(=O)/C=C/[C@@H]2[C@@H](c3ccccc3)OC(C)(C)N2C(=O)OC(C)(C)C)cc1.CCN(C(C)C)C(C)C.COP(=O)(CC(=O)Cc1ccc(NC(=O)OC(C)(C)C)cc1)OC.[Br-].[Li+]. The molecule has 0 aliphatic carbocycles. The molecule has 2 heterocycles. The van der Waals surface area contributed by atoms with Crippen molar-refractivity contribution in [2.45, 2.75) is 236 Å². The van der Waals surface area contributed by atoms with Crippen molar-refractivity contribution in [3.8, 4) is 0 Å². The first-order valence-corrected chi connectivity index (χ1v) is 33.4. The van der Waals surface area contributed by atoms with E-state index in [1.165, 1.54) is 25.2 Å². The first kappa shape index (κ1) is 90.8. The molecule has 4 aromatic rings. The van der Waals surface area contributed by atoms with Gasteiger partial charge >= 0.3 is 50.8 Å². The largest absolute Gasteiger partial charge is 1.00 e. The molecule has 0 unspecified atom stereocenters. The summed E-state index contributed by atoms with van der Waals surface area (Å²) in [7, 11) is -0.856. The second kappa shape index (κ2) is 39.6. The molecule has 2 aliphatic heterocycles. The van der Waals surface area contributed by atoms with E-state index in [0.717, 1.165) is 35.1 Å². The van der Waals surface area contributed by atoms with Gasteiger partial charge in [-0.25, -0.2) is 19.2 Å². The van der Waals surface area contributed by atoms with Crippen LogP contribution >= 0.6 is 7.60 Å². The predicted octanol–water partition coefficient (Wildman–Crippen LogP) is 10.5. The summed E-state index contributed by atoms with van der Waals surface area (Å²) in [5.41, 5.74) is 0.0168. The number of halogens is 1. The minimum absolute atomic E-state index is 0. The number of nitrogens with one attached hydrogen (secondary N) is 2. The summed E-state index contributed by atoms with van der Waals surface area (Å²) in [6.45, 7) is 41.0. The number of hydrogen-bond acceptors (Lipinski definition) is 17. The second-order valence-electron chi connectivity index (χ2n) is 28.1. The van der Waals surface area contributed by atoms with Gasteiger partial charge in [-0.2, -0.15) is 0 Å². The topological polar surface area (TPSA) is 244 Å². The molecule has 4 aromatic carbocycles. The van der Waals surface area contributed by atoms with Gasteiger partial charge in [-0.15, -0.1) is 0 Å².